The first-order chi connectivity index (χ1) is 18.3. The molecule has 3 aromatic rings. The van der Waals surface area contributed by atoms with E-state index in [4.69, 9.17) is 5.73 Å². The Morgan fingerprint density at radius 2 is 1.71 bits per heavy atom. The van der Waals surface area contributed by atoms with Crippen molar-refractivity contribution in [1.29, 1.82) is 0 Å². The Kier molecular flexibility index (Phi) is 8.70. The molecule has 1 saturated heterocycles. The zero-order valence-corrected chi connectivity index (χ0v) is 21.3. The van der Waals surface area contributed by atoms with Gasteiger partial charge in [-0.2, -0.15) is 0 Å². The maximum atomic E-state index is 13.5. The van der Waals surface area contributed by atoms with Gasteiger partial charge < -0.3 is 26.0 Å². The average Bonchev–Trinajstić information content (AvgIpc) is 2.93. The standard InChI is InChI=1S/C29H33FN4O4/c1-19-28(37)34(14-13-33(19)29(38)25(31)17-20-7-10-24(30)11-8-20)26(27(36)32-12-15-35)18-21-6-9-22-4-2-3-5-23(22)16-21/h2-11,16,19,25-26,35H,12-15,17-18,31H2,1H3,(H,32,36). The lowest BCUT2D eigenvalue weighted by Gasteiger charge is -2.43. The smallest absolute Gasteiger partial charge is 0.245 e. The van der Waals surface area contributed by atoms with Crippen molar-refractivity contribution < 1.29 is 23.9 Å². The summed E-state index contributed by atoms with van der Waals surface area (Å²) in [6.07, 6.45) is 0.507. The number of aliphatic hydroxyl groups is 1. The number of carbonyl (C=O) groups is 3. The zero-order chi connectivity index (χ0) is 27.2. The highest BCUT2D eigenvalue weighted by Gasteiger charge is 2.40. The summed E-state index contributed by atoms with van der Waals surface area (Å²) in [6, 6.07) is 17.1. The minimum absolute atomic E-state index is 0.0769. The summed E-state index contributed by atoms with van der Waals surface area (Å²) in [4.78, 5) is 42.7. The second kappa shape index (κ2) is 12.1. The first-order valence-corrected chi connectivity index (χ1v) is 12.8. The molecule has 0 spiro atoms. The Labute approximate surface area is 221 Å². The van der Waals surface area contributed by atoms with Crippen LogP contribution in [0.1, 0.15) is 18.1 Å². The predicted octanol–water partition coefficient (Wildman–Crippen LogP) is 1.63. The van der Waals surface area contributed by atoms with Gasteiger partial charge in [0.2, 0.25) is 17.7 Å². The molecule has 4 rings (SSSR count). The number of rotatable bonds is 9. The van der Waals surface area contributed by atoms with Crippen molar-refractivity contribution >= 4 is 28.5 Å². The largest absolute Gasteiger partial charge is 0.395 e. The van der Waals surface area contributed by atoms with Crippen LogP contribution >= 0.6 is 0 Å². The molecule has 1 heterocycles. The molecule has 0 aromatic heterocycles. The normalized spacial score (nSPS) is 17.4. The van der Waals surface area contributed by atoms with Crippen molar-refractivity contribution in [3.63, 3.8) is 0 Å². The molecule has 200 valence electrons. The van der Waals surface area contributed by atoms with E-state index in [1.165, 1.54) is 21.9 Å². The van der Waals surface area contributed by atoms with Gasteiger partial charge >= 0.3 is 0 Å². The first kappa shape index (κ1) is 27.2. The molecule has 1 aliphatic heterocycles. The fourth-order valence-corrected chi connectivity index (χ4v) is 4.91. The van der Waals surface area contributed by atoms with Crippen molar-refractivity contribution in [3.8, 4) is 0 Å². The molecule has 4 N–H and O–H groups in total. The third-order valence-electron chi connectivity index (χ3n) is 6.99. The van der Waals surface area contributed by atoms with Crippen LogP contribution in [0.15, 0.2) is 66.7 Å². The minimum Gasteiger partial charge on any atom is -0.395 e. The third kappa shape index (κ3) is 6.17. The SMILES string of the molecule is CC1C(=O)N(C(Cc2ccc3ccccc3c2)C(=O)NCCO)CCN1C(=O)C(N)Cc1ccc(F)cc1. The van der Waals surface area contributed by atoms with Crippen molar-refractivity contribution in [2.45, 2.75) is 37.9 Å². The highest BCUT2D eigenvalue weighted by atomic mass is 19.1. The molecule has 1 fully saturated rings. The molecule has 0 radical (unpaired) electrons. The lowest BCUT2D eigenvalue weighted by atomic mass is 9.98. The van der Waals surface area contributed by atoms with Crippen LogP contribution in [0.3, 0.4) is 0 Å². The van der Waals surface area contributed by atoms with Crippen LogP contribution in [0, 0.1) is 5.82 Å². The van der Waals surface area contributed by atoms with E-state index in [1.54, 1.807) is 19.1 Å². The van der Waals surface area contributed by atoms with E-state index in [9.17, 15) is 23.9 Å². The quantitative estimate of drug-likeness (QED) is 0.397. The topological polar surface area (TPSA) is 116 Å². The first-order valence-electron chi connectivity index (χ1n) is 12.8. The second-order valence-electron chi connectivity index (χ2n) is 9.59. The Morgan fingerprint density at radius 1 is 1.03 bits per heavy atom. The van der Waals surface area contributed by atoms with E-state index >= 15 is 0 Å². The number of hydrogen-bond donors (Lipinski definition) is 3. The van der Waals surface area contributed by atoms with Gasteiger partial charge in [-0.15, -0.1) is 0 Å². The average molecular weight is 521 g/mol. The molecule has 3 amide bonds. The van der Waals surface area contributed by atoms with E-state index in [-0.39, 0.29) is 56.2 Å². The van der Waals surface area contributed by atoms with E-state index in [0.717, 1.165) is 21.9 Å². The number of hydrogen-bond acceptors (Lipinski definition) is 5. The summed E-state index contributed by atoms with van der Waals surface area (Å²) in [5.41, 5.74) is 7.79. The Bertz CT molecular complexity index is 1300. The van der Waals surface area contributed by atoms with Gasteiger partial charge in [-0.25, -0.2) is 4.39 Å². The molecule has 8 nitrogen and oxygen atoms in total. The van der Waals surface area contributed by atoms with E-state index in [1.807, 2.05) is 42.5 Å². The van der Waals surface area contributed by atoms with Crippen LogP contribution in [0.4, 0.5) is 4.39 Å². The number of nitrogens with one attached hydrogen (secondary N) is 1. The predicted molar refractivity (Wildman–Crippen MR) is 143 cm³/mol. The second-order valence-corrected chi connectivity index (χ2v) is 9.59. The summed E-state index contributed by atoms with van der Waals surface area (Å²) in [7, 11) is 0. The number of piperazine rings is 1. The molecule has 3 aromatic carbocycles. The van der Waals surface area contributed by atoms with Gasteiger partial charge in [0, 0.05) is 26.1 Å². The molecule has 0 bridgehead atoms. The molecule has 3 unspecified atom stereocenters. The summed E-state index contributed by atoms with van der Waals surface area (Å²) in [5.74, 6) is -1.44. The van der Waals surface area contributed by atoms with E-state index in [0.29, 0.717) is 6.42 Å². The fraction of sp³-hybridized carbons (Fsp3) is 0.345. The monoisotopic (exact) mass is 520 g/mol. The Morgan fingerprint density at radius 3 is 2.42 bits per heavy atom. The molecule has 0 saturated carbocycles. The minimum atomic E-state index is -0.886. The van der Waals surface area contributed by atoms with Crippen LogP contribution in [-0.2, 0) is 27.2 Å². The fourth-order valence-electron chi connectivity index (χ4n) is 4.91. The number of aliphatic hydroxyl groups excluding tert-OH is 1. The van der Waals surface area contributed by atoms with Crippen LogP contribution in [0.2, 0.25) is 0 Å². The van der Waals surface area contributed by atoms with Gasteiger partial charge in [-0.3, -0.25) is 14.4 Å². The molecular formula is C29H33FN4O4. The molecule has 38 heavy (non-hydrogen) atoms. The highest BCUT2D eigenvalue weighted by Crippen LogP contribution is 2.21. The van der Waals surface area contributed by atoms with Crippen molar-refractivity contribution in [2.24, 2.45) is 5.73 Å². The summed E-state index contributed by atoms with van der Waals surface area (Å²) >= 11 is 0. The maximum Gasteiger partial charge on any atom is 0.245 e. The number of benzene rings is 3. The highest BCUT2D eigenvalue weighted by molar-refractivity contribution is 5.94. The van der Waals surface area contributed by atoms with E-state index < -0.39 is 18.1 Å². The van der Waals surface area contributed by atoms with Crippen LogP contribution < -0.4 is 11.1 Å². The number of carbonyl (C=O) groups excluding carboxylic acids is 3. The molecule has 1 aliphatic rings. The summed E-state index contributed by atoms with van der Waals surface area (Å²) in [6.45, 7) is 1.89. The van der Waals surface area contributed by atoms with E-state index in [2.05, 4.69) is 5.32 Å². The van der Waals surface area contributed by atoms with Gasteiger partial charge in [0.05, 0.1) is 12.6 Å². The number of halogens is 1. The van der Waals surface area contributed by atoms with Gasteiger partial charge in [0.25, 0.3) is 0 Å². The van der Waals surface area contributed by atoms with Crippen LogP contribution in [0.5, 0.6) is 0 Å². The number of fused-ring (bicyclic) bond motifs is 1. The maximum absolute atomic E-state index is 13.5. The number of nitrogens with zero attached hydrogens (tertiary/aromatic N) is 2. The van der Waals surface area contributed by atoms with Gasteiger partial charge in [-0.1, -0.05) is 54.6 Å². The molecular weight excluding hydrogens is 487 g/mol. The van der Waals surface area contributed by atoms with Crippen molar-refractivity contribution in [3.05, 3.63) is 83.7 Å². The summed E-state index contributed by atoms with van der Waals surface area (Å²) in [5, 5.41) is 14.0. The molecule has 0 aliphatic carbocycles. The lowest BCUT2D eigenvalue weighted by Crippen LogP contribution is -2.64. The number of amides is 3. The van der Waals surface area contributed by atoms with Crippen molar-refractivity contribution in [1.82, 2.24) is 15.1 Å². The van der Waals surface area contributed by atoms with Gasteiger partial charge in [-0.05, 0) is 47.4 Å². The molecule has 3 atom stereocenters. The number of nitrogens with two attached hydrogens (primary N) is 1. The zero-order valence-electron chi connectivity index (χ0n) is 21.3. The Balaban J connectivity index is 1.49. The Hall–Kier alpha value is -3.82. The van der Waals surface area contributed by atoms with Crippen molar-refractivity contribution in [2.75, 3.05) is 26.2 Å². The lowest BCUT2D eigenvalue weighted by molar-refractivity contribution is -0.155. The summed E-state index contributed by atoms with van der Waals surface area (Å²) < 4.78 is 13.2. The van der Waals surface area contributed by atoms with Crippen LogP contribution in [0.25, 0.3) is 10.8 Å². The third-order valence-corrected chi connectivity index (χ3v) is 6.99. The molecule has 9 heteroatoms. The van der Waals surface area contributed by atoms with Gasteiger partial charge in [0.15, 0.2) is 0 Å². The van der Waals surface area contributed by atoms with Gasteiger partial charge in [0.1, 0.15) is 17.9 Å². The van der Waals surface area contributed by atoms with Crippen LogP contribution in [-0.4, -0.2) is 77.0 Å².